The molecule has 1 aliphatic heterocycles. The van der Waals surface area contributed by atoms with Crippen molar-refractivity contribution in [2.75, 3.05) is 19.7 Å². The van der Waals surface area contributed by atoms with Gasteiger partial charge in [-0.1, -0.05) is 0 Å². The van der Waals surface area contributed by atoms with Crippen molar-refractivity contribution in [2.24, 2.45) is 0 Å². The Balaban J connectivity index is 1.78. The molecule has 0 aromatic carbocycles. The van der Waals surface area contributed by atoms with Crippen LogP contribution in [0.2, 0.25) is 0 Å². The number of hydrogen-bond donors (Lipinski definition) is 0. The summed E-state index contributed by atoms with van der Waals surface area (Å²) < 4.78 is 5.81. The van der Waals surface area contributed by atoms with Gasteiger partial charge in [-0.3, -0.25) is 9.78 Å². The maximum absolute atomic E-state index is 12.6. The second kappa shape index (κ2) is 6.19. The summed E-state index contributed by atoms with van der Waals surface area (Å²) in [6, 6.07) is 3.93. The van der Waals surface area contributed by atoms with Crippen LogP contribution in [-0.2, 0) is 4.74 Å². The number of aryl methyl sites for hydroxylation is 2. The average Bonchev–Trinajstić information content (AvgIpc) is 2.55. The van der Waals surface area contributed by atoms with E-state index >= 15 is 0 Å². The van der Waals surface area contributed by atoms with Crippen LogP contribution in [0.3, 0.4) is 0 Å². The van der Waals surface area contributed by atoms with Crippen molar-refractivity contribution >= 4 is 5.91 Å². The zero-order valence-corrected chi connectivity index (χ0v) is 12.7. The maximum Gasteiger partial charge on any atom is 0.257 e. The molecule has 0 aliphatic carbocycles. The molecule has 1 fully saturated rings. The lowest BCUT2D eigenvalue weighted by molar-refractivity contribution is -0.0229. The van der Waals surface area contributed by atoms with Crippen molar-refractivity contribution in [3.8, 4) is 0 Å². The smallest absolute Gasteiger partial charge is 0.257 e. The summed E-state index contributed by atoms with van der Waals surface area (Å²) in [5, 5.41) is 0. The summed E-state index contributed by atoms with van der Waals surface area (Å²) in [5.41, 5.74) is 3.24. The number of carbonyl (C=O) groups excluding carboxylic acids is 1. The van der Waals surface area contributed by atoms with Crippen LogP contribution in [0.25, 0.3) is 0 Å². The Bertz CT molecular complexity index is 689. The first-order valence-electron chi connectivity index (χ1n) is 7.25. The molecule has 1 amide bonds. The van der Waals surface area contributed by atoms with Gasteiger partial charge in [0.1, 0.15) is 12.4 Å². The third-order valence-corrected chi connectivity index (χ3v) is 3.79. The van der Waals surface area contributed by atoms with Crippen LogP contribution in [-0.4, -0.2) is 45.5 Å². The van der Waals surface area contributed by atoms with Gasteiger partial charge in [0.15, 0.2) is 0 Å². The standard InChI is InChI=1S/C16H18N4O2/c1-11-7-13(3-4-18-11)15-9-20(5-6-22-15)16(21)14-8-17-10-19-12(14)2/h3-4,7-8,10,15H,5-6,9H2,1-2H3/t15-/m1/s1. The first-order chi connectivity index (χ1) is 10.6. The number of pyridine rings is 1. The molecule has 3 heterocycles. The van der Waals surface area contributed by atoms with Crippen LogP contribution >= 0.6 is 0 Å². The fourth-order valence-corrected chi connectivity index (χ4v) is 2.57. The third kappa shape index (κ3) is 2.96. The Labute approximate surface area is 129 Å². The van der Waals surface area contributed by atoms with Gasteiger partial charge in [0.25, 0.3) is 5.91 Å². The largest absolute Gasteiger partial charge is 0.370 e. The molecule has 2 aromatic heterocycles. The van der Waals surface area contributed by atoms with Crippen LogP contribution in [0.4, 0.5) is 0 Å². The molecular formula is C16H18N4O2. The van der Waals surface area contributed by atoms with E-state index in [-0.39, 0.29) is 12.0 Å². The quantitative estimate of drug-likeness (QED) is 0.844. The molecule has 6 nitrogen and oxygen atoms in total. The molecule has 0 radical (unpaired) electrons. The number of carbonyl (C=O) groups is 1. The topological polar surface area (TPSA) is 68.2 Å². The van der Waals surface area contributed by atoms with Gasteiger partial charge in [0.05, 0.1) is 24.4 Å². The number of rotatable bonds is 2. The van der Waals surface area contributed by atoms with E-state index in [4.69, 9.17) is 4.74 Å². The monoisotopic (exact) mass is 298 g/mol. The number of aromatic nitrogens is 3. The number of morpholine rings is 1. The van der Waals surface area contributed by atoms with E-state index in [9.17, 15) is 4.79 Å². The predicted octanol–water partition coefficient (Wildman–Crippen LogP) is 1.70. The molecular weight excluding hydrogens is 280 g/mol. The lowest BCUT2D eigenvalue weighted by atomic mass is 10.1. The first-order valence-corrected chi connectivity index (χ1v) is 7.25. The lowest BCUT2D eigenvalue weighted by Gasteiger charge is -2.33. The van der Waals surface area contributed by atoms with E-state index in [0.29, 0.717) is 31.0 Å². The predicted molar refractivity (Wildman–Crippen MR) is 80.3 cm³/mol. The molecule has 1 aliphatic rings. The summed E-state index contributed by atoms with van der Waals surface area (Å²) in [4.78, 5) is 26.7. The van der Waals surface area contributed by atoms with Crippen molar-refractivity contribution < 1.29 is 9.53 Å². The van der Waals surface area contributed by atoms with Crippen LogP contribution in [0.15, 0.2) is 30.9 Å². The highest BCUT2D eigenvalue weighted by molar-refractivity contribution is 5.95. The van der Waals surface area contributed by atoms with Crippen molar-refractivity contribution in [3.63, 3.8) is 0 Å². The van der Waals surface area contributed by atoms with E-state index < -0.39 is 0 Å². The molecule has 1 atom stereocenters. The van der Waals surface area contributed by atoms with Crippen molar-refractivity contribution in [3.05, 3.63) is 53.4 Å². The summed E-state index contributed by atoms with van der Waals surface area (Å²) in [6.45, 7) is 5.38. The number of amides is 1. The summed E-state index contributed by atoms with van der Waals surface area (Å²) >= 11 is 0. The SMILES string of the molecule is Cc1cc([C@H]2CN(C(=O)c3cncnc3C)CCO2)ccn1. The zero-order chi connectivity index (χ0) is 15.5. The summed E-state index contributed by atoms with van der Waals surface area (Å²) in [7, 11) is 0. The van der Waals surface area contributed by atoms with E-state index in [0.717, 1.165) is 11.3 Å². The molecule has 2 aromatic rings. The van der Waals surface area contributed by atoms with Gasteiger partial charge in [0, 0.05) is 24.6 Å². The van der Waals surface area contributed by atoms with Gasteiger partial charge in [-0.2, -0.15) is 0 Å². The van der Waals surface area contributed by atoms with Crippen molar-refractivity contribution in [2.45, 2.75) is 20.0 Å². The Morgan fingerprint density at radius 1 is 1.36 bits per heavy atom. The van der Waals surface area contributed by atoms with Gasteiger partial charge in [-0.25, -0.2) is 9.97 Å². The minimum absolute atomic E-state index is 0.0443. The Morgan fingerprint density at radius 3 is 3.00 bits per heavy atom. The Hall–Kier alpha value is -2.34. The Kier molecular flexibility index (Phi) is 4.11. The average molecular weight is 298 g/mol. The second-order valence-electron chi connectivity index (χ2n) is 5.36. The van der Waals surface area contributed by atoms with E-state index in [1.165, 1.54) is 6.33 Å². The fraction of sp³-hybridized carbons (Fsp3) is 0.375. The van der Waals surface area contributed by atoms with Gasteiger partial charge in [0.2, 0.25) is 0 Å². The first kappa shape index (κ1) is 14.6. The van der Waals surface area contributed by atoms with Crippen molar-refractivity contribution in [1.29, 1.82) is 0 Å². The molecule has 0 saturated carbocycles. The van der Waals surface area contributed by atoms with Crippen LogP contribution in [0.5, 0.6) is 0 Å². The lowest BCUT2D eigenvalue weighted by Crippen LogP contribution is -2.42. The second-order valence-corrected chi connectivity index (χ2v) is 5.36. The van der Waals surface area contributed by atoms with Crippen molar-refractivity contribution in [1.82, 2.24) is 19.9 Å². The van der Waals surface area contributed by atoms with Gasteiger partial charge in [-0.15, -0.1) is 0 Å². The summed E-state index contributed by atoms with van der Waals surface area (Å²) in [5.74, 6) is -0.0443. The van der Waals surface area contributed by atoms with E-state index in [2.05, 4.69) is 15.0 Å². The Morgan fingerprint density at radius 2 is 2.23 bits per heavy atom. The number of nitrogens with zero attached hydrogens (tertiary/aromatic N) is 4. The molecule has 0 N–H and O–H groups in total. The van der Waals surface area contributed by atoms with Gasteiger partial charge >= 0.3 is 0 Å². The third-order valence-electron chi connectivity index (χ3n) is 3.79. The van der Waals surface area contributed by atoms with Crippen LogP contribution < -0.4 is 0 Å². The molecule has 0 bridgehead atoms. The molecule has 3 rings (SSSR count). The molecule has 6 heteroatoms. The number of hydrogen-bond acceptors (Lipinski definition) is 5. The summed E-state index contributed by atoms with van der Waals surface area (Å²) in [6.07, 6.45) is 4.67. The molecule has 0 unspecified atom stereocenters. The molecule has 22 heavy (non-hydrogen) atoms. The minimum Gasteiger partial charge on any atom is -0.370 e. The van der Waals surface area contributed by atoms with Crippen LogP contribution in [0.1, 0.15) is 33.4 Å². The highest BCUT2D eigenvalue weighted by atomic mass is 16.5. The molecule has 0 spiro atoms. The molecule has 1 saturated heterocycles. The maximum atomic E-state index is 12.6. The zero-order valence-electron chi connectivity index (χ0n) is 12.7. The van der Waals surface area contributed by atoms with Gasteiger partial charge < -0.3 is 9.64 Å². The highest BCUT2D eigenvalue weighted by Gasteiger charge is 2.27. The number of ether oxygens (including phenoxy) is 1. The highest BCUT2D eigenvalue weighted by Crippen LogP contribution is 2.23. The van der Waals surface area contributed by atoms with Crippen LogP contribution in [0, 0.1) is 13.8 Å². The van der Waals surface area contributed by atoms with E-state index in [1.807, 2.05) is 26.0 Å². The normalized spacial score (nSPS) is 18.3. The van der Waals surface area contributed by atoms with E-state index in [1.54, 1.807) is 17.3 Å². The van der Waals surface area contributed by atoms with Gasteiger partial charge in [-0.05, 0) is 31.5 Å². The molecule has 114 valence electrons. The minimum atomic E-state index is -0.121. The fourth-order valence-electron chi connectivity index (χ4n) is 2.57.